The molecule has 0 radical (unpaired) electrons. The van der Waals surface area contributed by atoms with E-state index in [1.165, 1.54) is 11.5 Å². The van der Waals surface area contributed by atoms with Crippen LogP contribution in [0, 0.1) is 5.92 Å². The van der Waals surface area contributed by atoms with Crippen molar-refractivity contribution in [2.24, 2.45) is 5.92 Å². The van der Waals surface area contributed by atoms with Crippen LogP contribution in [0.15, 0.2) is 24.3 Å². The predicted octanol–water partition coefficient (Wildman–Crippen LogP) is 2.88. The van der Waals surface area contributed by atoms with Crippen LogP contribution in [0.5, 0.6) is 5.75 Å². The lowest BCUT2D eigenvalue weighted by Gasteiger charge is -2.23. The Morgan fingerprint density at radius 3 is 3.08 bits per heavy atom. The van der Waals surface area contributed by atoms with Crippen molar-refractivity contribution in [1.82, 2.24) is 14.7 Å². The molecule has 1 aliphatic heterocycles. The summed E-state index contributed by atoms with van der Waals surface area (Å²) in [4.78, 5) is 19.3. The molecule has 7 heteroatoms. The molecule has 1 amide bonds. The van der Waals surface area contributed by atoms with Gasteiger partial charge in [-0.15, -0.1) is 0 Å². The van der Waals surface area contributed by atoms with E-state index < -0.39 is 0 Å². The van der Waals surface area contributed by atoms with E-state index in [9.17, 15) is 4.79 Å². The highest BCUT2D eigenvalue weighted by atomic mass is 32.1. The number of carbonyl (C=O) groups is 1. The first-order valence-corrected chi connectivity index (χ1v) is 9.84. The maximum absolute atomic E-state index is 12.5. The van der Waals surface area contributed by atoms with Gasteiger partial charge in [0.2, 0.25) is 11.0 Å². The maximum atomic E-state index is 12.5. The third-order valence-corrected chi connectivity index (χ3v) is 5.23. The first-order chi connectivity index (χ1) is 12.6. The Labute approximate surface area is 158 Å². The number of hydrogen-bond donors (Lipinski definition) is 1. The number of hydrogen-bond acceptors (Lipinski definition) is 6. The highest BCUT2D eigenvalue weighted by Gasteiger charge is 2.32. The van der Waals surface area contributed by atoms with E-state index in [0.29, 0.717) is 18.9 Å². The number of carbonyl (C=O) groups excluding carboxylic acids is 1. The summed E-state index contributed by atoms with van der Waals surface area (Å²) >= 11 is 1.38. The van der Waals surface area contributed by atoms with E-state index in [-0.39, 0.29) is 11.9 Å². The molecule has 1 saturated heterocycles. The van der Waals surface area contributed by atoms with Crippen LogP contribution in [0.25, 0.3) is 0 Å². The summed E-state index contributed by atoms with van der Waals surface area (Å²) in [5, 5.41) is 3.88. The molecular weight excluding hydrogens is 348 g/mol. The molecular formula is C19H26N4O2S. The normalized spacial score (nSPS) is 16.9. The van der Waals surface area contributed by atoms with Gasteiger partial charge in [0.25, 0.3) is 0 Å². The fourth-order valence-electron chi connectivity index (χ4n) is 3.09. The zero-order valence-corrected chi connectivity index (χ0v) is 16.4. The fraction of sp³-hybridized carbons (Fsp3) is 0.526. The first-order valence-electron chi connectivity index (χ1n) is 9.06. The zero-order valence-electron chi connectivity index (χ0n) is 15.6. The van der Waals surface area contributed by atoms with Gasteiger partial charge in [0.1, 0.15) is 17.6 Å². The van der Waals surface area contributed by atoms with Crippen molar-refractivity contribution < 1.29 is 9.53 Å². The van der Waals surface area contributed by atoms with Gasteiger partial charge >= 0.3 is 0 Å². The maximum Gasteiger partial charge on any atom is 0.242 e. The number of anilines is 1. The summed E-state index contributed by atoms with van der Waals surface area (Å²) < 4.78 is 9.76. The molecule has 140 valence electrons. The monoisotopic (exact) mass is 374 g/mol. The molecule has 0 aliphatic carbocycles. The molecule has 0 spiro atoms. The number of nitrogens with zero attached hydrogens (tertiary/aromatic N) is 3. The Balaban J connectivity index is 1.67. The van der Waals surface area contributed by atoms with E-state index in [4.69, 9.17) is 4.74 Å². The molecule has 1 aromatic heterocycles. The quantitative estimate of drug-likeness (QED) is 0.807. The van der Waals surface area contributed by atoms with Gasteiger partial charge in [-0.25, -0.2) is 4.98 Å². The van der Waals surface area contributed by atoms with Crippen molar-refractivity contribution in [3.63, 3.8) is 0 Å². The van der Waals surface area contributed by atoms with Crippen LogP contribution < -0.4 is 15.0 Å². The van der Waals surface area contributed by atoms with Crippen molar-refractivity contribution in [3.8, 4) is 5.75 Å². The lowest BCUT2D eigenvalue weighted by Crippen LogP contribution is -2.44. The van der Waals surface area contributed by atoms with Crippen LogP contribution in [-0.2, 0) is 11.2 Å². The second-order valence-corrected chi connectivity index (χ2v) is 7.74. The standard InChI is InChI=1S/C19H26N4O2S/c1-13(2)12-20-18(24)16-8-5-9-23(16)19-21-17(22-26-19)11-14-6-4-7-15(10-14)25-3/h4,6-7,10,13,16H,5,8-9,11-12H2,1-3H3,(H,20,24)/t16-/m1/s1. The van der Waals surface area contributed by atoms with Crippen molar-refractivity contribution >= 4 is 22.6 Å². The van der Waals surface area contributed by atoms with E-state index in [0.717, 1.165) is 41.7 Å². The van der Waals surface area contributed by atoms with Gasteiger partial charge in [-0.05, 0) is 36.5 Å². The van der Waals surface area contributed by atoms with Gasteiger partial charge in [0.05, 0.1) is 7.11 Å². The average molecular weight is 375 g/mol. The summed E-state index contributed by atoms with van der Waals surface area (Å²) in [6.45, 7) is 5.76. The molecule has 1 fully saturated rings. The average Bonchev–Trinajstić information content (AvgIpc) is 3.28. The second-order valence-electron chi connectivity index (χ2n) is 7.01. The Kier molecular flexibility index (Phi) is 6.08. The van der Waals surface area contributed by atoms with E-state index in [2.05, 4.69) is 33.4 Å². The molecule has 1 aliphatic rings. The van der Waals surface area contributed by atoms with Crippen LogP contribution in [0.3, 0.4) is 0 Å². The minimum absolute atomic E-state index is 0.0979. The number of benzene rings is 1. The summed E-state index contributed by atoms with van der Waals surface area (Å²) in [6, 6.07) is 7.80. The van der Waals surface area contributed by atoms with Gasteiger partial charge in [0, 0.05) is 31.0 Å². The minimum Gasteiger partial charge on any atom is -0.497 e. The zero-order chi connectivity index (χ0) is 18.5. The third-order valence-electron chi connectivity index (χ3n) is 4.44. The summed E-state index contributed by atoms with van der Waals surface area (Å²) in [5.41, 5.74) is 1.11. The van der Waals surface area contributed by atoms with Gasteiger partial charge in [-0.2, -0.15) is 4.37 Å². The Bertz CT molecular complexity index is 747. The topological polar surface area (TPSA) is 67.3 Å². The highest BCUT2D eigenvalue weighted by molar-refractivity contribution is 7.09. The highest BCUT2D eigenvalue weighted by Crippen LogP contribution is 2.28. The van der Waals surface area contributed by atoms with Gasteiger partial charge in [-0.3, -0.25) is 4.79 Å². The van der Waals surface area contributed by atoms with Gasteiger partial charge in [0.15, 0.2) is 0 Å². The Hall–Kier alpha value is -2.15. The molecule has 0 bridgehead atoms. The minimum atomic E-state index is -0.133. The number of methoxy groups -OCH3 is 1. The number of aromatic nitrogens is 2. The molecule has 0 unspecified atom stereocenters. The molecule has 2 heterocycles. The second kappa shape index (κ2) is 8.49. The molecule has 26 heavy (non-hydrogen) atoms. The number of rotatable bonds is 7. The van der Waals surface area contributed by atoms with E-state index in [1.54, 1.807) is 7.11 Å². The number of nitrogens with one attached hydrogen (secondary N) is 1. The molecule has 6 nitrogen and oxygen atoms in total. The molecule has 1 atom stereocenters. The summed E-state index contributed by atoms with van der Waals surface area (Å²) in [5.74, 6) is 2.16. The van der Waals surface area contributed by atoms with Crippen molar-refractivity contribution in [3.05, 3.63) is 35.7 Å². The largest absolute Gasteiger partial charge is 0.497 e. The van der Waals surface area contributed by atoms with E-state index >= 15 is 0 Å². The van der Waals surface area contributed by atoms with Gasteiger partial charge < -0.3 is 15.0 Å². The lowest BCUT2D eigenvalue weighted by atomic mass is 10.1. The molecule has 1 aromatic carbocycles. The van der Waals surface area contributed by atoms with Crippen LogP contribution >= 0.6 is 11.5 Å². The van der Waals surface area contributed by atoms with Crippen molar-refractivity contribution in [1.29, 1.82) is 0 Å². The van der Waals surface area contributed by atoms with Crippen LogP contribution in [0.2, 0.25) is 0 Å². The predicted molar refractivity (Wildman–Crippen MR) is 104 cm³/mol. The molecule has 0 saturated carbocycles. The Morgan fingerprint density at radius 2 is 2.31 bits per heavy atom. The molecule has 2 aromatic rings. The molecule has 1 N–H and O–H groups in total. The third kappa shape index (κ3) is 4.52. The van der Waals surface area contributed by atoms with Crippen molar-refractivity contribution in [2.45, 2.75) is 39.2 Å². The smallest absolute Gasteiger partial charge is 0.242 e. The van der Waals surface area contributed by atoms with Crippen LogP contribution in [0.4, 0.5) is 5.13 Å². The number of amides is 1. The number of ether oxygens (including phenoxy) is 1. The van der Waals surface area contributed by atoms with Crippen LogP contribution in [0.1, 0.15) is 38.1 Å². The summed E-state index contributed by atoms with van der Waals surface area (Å²) in [7, 11) is 1.66. The SMILES string of the molecule is COc1cccc(Cc2nsc(N3CCC[C@@H]3C(=O)NCC(C)C)n2)c1. The fourth-order valence-corrected chi connectivity index (χ4v) is 3.85. The van der Waals surface area contributed by atoms with E-state index in [1.807, 2.05) is 24.3 Å². The molecule has 3 rings (SSSR count). The van der Waals surface area contributed by atoms with Gasteiger partial charge in [-0.1, -0.05) is 26.0 Å². The summed E-state index contributed by atoms with van der Waals surface area (Å²) in [6.07, 6.45) is 2.53. The Morgan fingerprint density at radius 1 is 1.46 bits per heavy atom. The lowest BCUT2D eigenvalue weighted by molar-refractivity contribution is -0.122. The first kappa shape index (κ1) is 18.6. The van der Waals surface area contributed by atoms with Crippen LogP contribution in [-0.4, -0.2) is 41.5 Å². The van der Waals surface area contributed by atoms with Crippen molar-refractivity contribution in [2.75, 3.05) is 25.1 Å².